The maximum Gasteiger partial charge on any atom is 0.252 e. The number of hydrogen-bond donors (Lipinski definition) is 2. The van der Waals surface area contributed by atoms with Crippen LogP contribution in [0.4, 0.5) is 5.69 Å². The van der Waals surface area contributed by atoms with Crippen LogP contribution in [-0.2, 0) is 15.6 Å². The van der Waals surface area contributed by atoms with Crippen molar-refractivity contribution in [2.24, 2.45) is 0 Å². The number of likely N-dealkylation sites (tertiary alicyclic amines) is 1. The number of hydrogen-bond acceptors (Lipinski definition) is 7. The van der Waals surface area contributed by atoms with E-state index in [1.807, 2.05) is 24.3 Å². The van der Waals surface area contributed by atoms with Crippen molar-refractivity contribution in [1.82, 2.24) is 9.21 Å². The van der Waals surface area contributed by atoms with E-state index < -0.39 is 15.6 Å². The number of β-amino-alcohol motifs (C(OH)–C–C–N with tert-alkyl or cyclic N) is 1. The van der Waals surface area contributed by atoms with Crippen LogP contribution < -0.4 is 4.90 Å². The molecule has 2 saturated heterocycles. The smallest absolute Gasteiger partial charge is 0.252 e. The predicted octanol–water partition coefficient (Wildman–Crippen LogP) is 1.53. The molecule has 0 aliphatic carbocycles. The highest BCUT2D eigenvalue weighted by molar-refractivity contribution is 7.91. The van der Waals surface area contributed by atoms with Crippen LogP contribution in [0.1, 0.15) is 19.4 Å². The van der Waals surface area contributed by atoms with E-state index in [1.165, 1.54) is 11.3 Å². The van der Waals surface area contributed by atoms with Crippen LogP contribution in [0, 0.1) is 0 Å². The second-order valence-electron chi connectivity index (χ2n) is 8.62. The minimum atomic E-state index is -3.49. The number of benzene rings is 1. The van der Waals surface area contributed by atoms with E-state index in [2.05, 4.69) is 9.80 Å². The highest BCUT2D eigenvalue weighted by Gasteiger charge is 2.37. The van der Waals surface area contributed by atoms with E-state index in [-0.39, 0.29) is 12.1 Å². The Kier molecular flexibility index (Phi) is 5.95. The van der Waals surface area contributed by atoms with Crippen LogP contribution in [-0.4, -0.2) is 79.3 Å². The minimum Gasteiger partial charge on any atom is -0.390 e. The van der Waals surface area contributed by atoms with Gasteiger partial charge in [-0.3, -0.25) is 4.90 Å². The zero-order valence-electron chi connectivity index (χ0n) is 17.3. The molecule has 30 heavy (non-hydrogen) atoms. The molecule has 2 N–H and O–H groups in total. The van der Waals surface area contributed by atoms with Gasteiger partial charge in [0.05, 0.1) is 17.7 Å². The Morgan fingerprint density at radius 3 is 2.37 bits per heavy atom. The number of aliphatic hydroxyl groups excluding tert-OH is 1. The Morgan fingerprint density at radius 1 is 1.10 bits per heavy atom. The number of anilines is 1. The predicted molar refractivity (Wildman–Crippen MR) is 118 cm³/mol. The first-order valence-electron chi connectivity index (χ1n) is 10.2. The third-order valence-electron chi connectivity index (χ3n) is 5.85. The van der Waals surface area contributed by atoms with Gasteiger partial charge < -0.3 is 15.1 Å². The first kappa shape index (κ1) is 21.7. The molecule has 2 aliphatic rings. The Hall–Kier alpha value is -1.49. The van der Waals surface area contributed by atoms with E-state index in [9.17, 15) is 18.6 Å². The Bertz CT molecular complexity index is 949. The van der Waals surface area contributed by atoms with Gasteiger partial charge in [-0.25, -0.2) is 8.42 Å². The van der Waals surface area contributed by atoms with Crippen molar-refractivity contribution in [3.8, 4) is 0 Å². The van der Waals surface area contributed by atoms with E-state index in [4.69, 9.17) is 0 Å². The molecular weight excluding hydrogens is 422 g/mol. The normalized spacial score (nSPS) is 22.3. The SMILES string of the molecule is CC(C)(O)c1ccc(N2CCN(S(=O)(=O)c3cccs3)CC2CN2CC(O)C2)cc1. The summed E-state index contributed by atoms with van der Waals surface area (Å²) < 4.78 is 28.1. The topological polar surface area (TPSA) is 84.3 Å². The van der Waals surface area contributed by atoms with Crippen molar-refractivity contribution >= 4 is 27.0 Å². The molecule has 0 saturated carbocycles. The number of piperazine rings is 1. The van der Waals surface area contributed by atoms with E-state index >= 15 is 0 Å². The van der Waals surface area contributed by atoms with Gasteiger partial charge in [0.2, 0.25) is 0 Å². The summed E-state index contributed by atoms with van der Waals surface area (Å²) in [6.45, 7) is 6.88. The second-order valence-corrected chi connectivity index (χ2v) is 11.7. The van der Waals surface area contributed by atoms with Gasteiger partial charge in [-0.1, -0.05) is 18.2 Å². The summed E-state index contributed by atoms with van der Waals surface area (Å²) in [7, 11) is -3.49. The lowest BCUT2D eigenvalue weighted by Gasteiger charge is -2.46. The first-order valence-corrected chi connectivity index (χ1v) is 12.5. The fourth-order valence-corrected chi connectivity index (χ4v) is 6.74. The molecule has 4 rings (SSSR count). The average Bonchev–Trinajstić information content (AvgIpc) is 3.22. The highest BCUT2D eigenvalue weighted by atomic mass is 32.2. The average molecular weight is 452 g/mol. The summed E-state index contributed by atoms with van der Waals surface area (Å²) in [5, 5.41) is 21.7. The third-order valence-corrected chi connectivity index (χ3v) is 9.09. The first-order chi connectivity index (χ1) is 14.1. The van der Waals surface area contributed by atoms with E-state index in [1.54, 1.807) is 35.7 Å². The lowest BCUT2D eigenvalue weighted by Crippen LogP contribution is -2.62. The van der Waals surface area contributed by atoms with Crippen molar-refractivity contribution in [2.45, 2.75) is 35.8 Å². The van der Waals surface area contributed by atoms with Crippen molar-refractivity contribution < 1.29 is 18.6 Å². The molecule has 0 radical (unpaired) electrons. The van der Waals surface area contributed by atoms with Crippen LogP contribution in [0.25, 0.3) is 0 Å². The molecule has 2 aliphatic heterocycles. The Morgan fingerprint density at radius 2 is 1.80 bits per heavy atom. The number of nitrogens with zero attached hydrogens (tertiary/aromatic N) is 3. The molecule has 7 nitrogen and oxygen atoms in total. The summed E-state index contributed by atoms with van der Waals surface area (Å²) in [5.74, 6) is 0. The van der Waals surface area contributed by atoms with Crippen LogP contribution in [0.2, 0.25) is 0 Å². The van der Waals surface area contributed by atoms with Crippen molar-refractivity contribution in [3.05, 3.63) is 47.3 Å². The zero-order chi connectivity index (χ0) is 21.5. The molecule has 0 bridgehead atoms. The van der Waals surface area contributed by atoms with Crippen LogP contribution in [0.5, 0.6) is 0 Å². The number of rotatable bonds is 6. The molecule has 1 aromatic heterocycles. The van der Waals surface area contributed by atoms with Gasteiger partial charge in [0.25, 0.3) is 10.0 Å². The monoisotopic (exact) mass is 451 g/mol. The summed E-state index contributed by atoms with van der Waals surface area (Å²) >= 11 is 1.25. The van der Waals surface area contributed by atoms with Gasteiger partial charge in [0.1, 0.15) is 4.21 Å². The van der Waals surface area contributed by atoms with Crippen molar-refractivity contribution in [3.63, 3.8) is 0 Å². The van der Waals surface area contributed by atoms with Gasteiger partial charge in [0, 0.05) is 45.0 Å². The van der Waals surface area contributed by atoms with E-state index in [0.717, 1.165) is 11.3 Å². The van der Waals surface area contributed by atoms with Gasteiger partial charge in [0.15, 0.2) is 0 Å². The standard InChI is InChI=1S/C21H29N3O4S2/c1-21(2,26)16-5-7-17(8-6-16)24-10-9-23(30(27,28)20-4-3-11-29-20)13-18(24)12-22-14-19(25)15-22/h3-8,11,18-19,25-26H,9-10,12-15H2,1-2H3. The molecule has 9 heteroatoms. The minimum absolute atomic E-state index is 0.0195. The fraction of sp³-hybridized carbons (Fsp3) is 0.524. The molecule has 1 unspecified atom stereocenters. The lowest BCUT2D eigenvalue weighted by molar-refractivity contribution is -0.00304. The molecule has 164 valence electrons. The highest BCUT2D eigenvalue weighted by Crippen LogP contribution is 2.29. The number of aliphatic hydroxyl groups is 2. The van der Waals surface area contributed by atoms with E-state index in [0.29, 0.717) is 43.5 Å². The molecule has 3 heterocycles. The largest absolute Gasteiger partial charge is 0.390 e. The van der Waals surface area contributed by atoms with Gasteiger partial charge in [-0.2, -0.15) is 4.31 Å². The van der Waals surface area contributed by atoms with Gasteiger partial charge in [-0.05, 0) is 43.0 Å². The summed E-state index contributed by atoms with van der Waals surface area (Å²) in [6.07, 6.45) is -0.293. The summed E-state index contributed by atoms with van der Waals surface area (Å²) in [6, 6.07) is 11.2. The molecule has 0 amide bonds. The molecule has 2 aromatic rings. The zero-order valence-corrected chi connectivity index (χ0v) is 18.9. The molecule has 2 fully saturated rings. The number of sulfonamides is 1. The maximum atomic E-state index is 13.0. The van der Waals surface area contributed by atoms with Crippen molar-refractivity contribution in [1.29, 1.82) is 0 Å². The fourth-order valence-electron chi connectivity index (χ4n) is 4.13. The van der Waals surface area contributed by atoms with Crippen LogP contribution in [0.15, 0.2) is 46.0 Å². The lowest BCUT2D eigenvalue weighted by atomic mass is 9.98. The molecular formula is C21H29N3O4S2. The van der Waals surface area contributed by atoms with Gasteiger partial charge >= 0.3 is 0 Å². The summed E-state index contributed by atoms with van der Waals surface area (Å²) in [4.78, 5) is 4.41. The molecule has 1 atom stereocenters. The van der Waals surface area contributed by atoms with Gasteiger partial charge in [-0.15, -0.1) is 11.3 Å². The third kappa shape index (κ3) is 4.42. The van der Waals surface area contributed by atoms with Crippen molar-refractivity contribution in [2.75, 3.05) is 44.2 Å². The Balaban J connectivity index is 1.56. The van der Waals surface area contributed by atoms with Crippen LogP contribution >= 0.6 is 11.3 Å². The second kappa shape index (κ2) is 8.22. The summed E-state index contributed by atoms with van der Waals surface area (Å²) in [5.41, 5.74) is 0.953. The van der Waals surface area contributed by atoms with Crippen LogP contribution in [0.3, 0.4) is 0 Å². The quantitative estimate of drug-likeness (QED) is 0.693. The maximum absolute atomic E-state index is 13.0. The Labute approximate surface area is 182 Å². The molecule has 1 aromatic carbocycles. The molecule has 0 spiro atoms. The number of thiophene rings is 1.